The topological polar surface area (TPSA) is 75.7 Å². The third-order valence-electron chi connectivity index (χ3n) is 3.07. The van der Waals surface area contributed by atoms with Crippen LogP contribution in [0.25, 0.3) is 0 Å². The minimum absolute atomic E-state index is 0.0399. The van der Waals surface area contributed by atoms with E-state index < -0.39 is 16.0 Å². The highest BCUT2D eigenvalue weighted by atomic mass is 32.2. The fourth-order valence-electron chi connectivity index (χ4n) is 1.97. The molecule has 1 N–H and O–H groups in total. The SMILES string of the molecule is CCN(C1CNC1)S(=O)(=O)c1ccsc1C(=O)OC. The Kier molecular flexibility index (Phi) is 4.24. The summed E-state index contributed by atoms with van der Waals surface area (Å²) in [6.45, 7) is 3.46. The van der Waals surface area contributed by atoms with E-state index in [-0.39, 0.29) is 15.8 Å². The van der Waals surface area contributed by atoms with Gasteiger partial charge in [0.05, 0.1) is 13.2 Å². The standard InChI is InChI=1S/C11H16N2O4S2/c1-3-13(8-6-12-7-8)19(15,16)9-4-5-18-10(9)11(14)17-2/h4-5,8,12H,3,6-7H2,1-2H3. The quantitative estimate of drug-likeness (QED) is 0.803. The maximum Gasteiger partial charge on any atom is 0.349 e. The number of hydrogen-bond donors (Lipinski definition) is 1. The van der Waals surface area contributed by atoms with Gasteiger partial charge in [-0.15, -0.1) is 11.3 Å². The third-order valence-corrected chi connectivity index (χ3v) is 6.16. The van der Waals surface area contributed by atoms with Crippen LogP contribution in [0.3, 0.4) is 0 Å². The van der Waals surface area contributed by atoms with Crippen LogP contribution in [0.2, 0.25) is 0 Å². The van der Waals surface area contributed by atoms with E-state index in [9.17, 15) is 13.2 Å². The van der Waals surface area contributed by atoms with Gasteiger partial charge in [-0.25, -0.2) is 13.2 Å². The fraction of sp³-hybridized carbons (Fsp3) is 0.545. The molecule has 8 heteroatoms. The van der Waals surface area contributed by atoms with Crippen LogP contribution in [0.4, 0.5) is 0 Å². The first-order valence-corrected chi connectivity index (χ1v) is 8.22. The lowest BCUT2D eigenvalue weighted by atomic mass is 10.2. The van der Waals surface area contributed by atoms with Gasteiger partial charge < -0.3 is 10.1 Å². The van der Waals surface area contributed by atoms with Crippen LogP contribution in [-0.2, 0) is 14.8 Å². The van der Waals surface area contributed by atoms with Crippen molar-refractivity contribution in [2.45, 2.75) is 17.9 Å². The summed E-state index contributed by atoms with van der Waals surface area (Å²) in [5.41, 5.74) is 0. The first-order chi connectivity index (χ1) is 9.02. The molecular formula is C11H16N2O4S2. The molecule has 1 aliphatic heterocycles. The molecule has 1 aromatic rings. The number of esters is 1. The molecule has 0 aromatic carbocycles. The number of carbonyl (C=O) groups excluding carboxylic acids is 1. The summed E-state index contributed by atoms with van der Waals surface area (Å²) in [4.78, 5) is 11.8. The number of hydrogen-bond acceptors (Lipinski definition) is 6. The van der Waals surface area contributed by atoms with Gasteiger partial charge in [0.1, 0.15) is 9.77 Å². The van der Waals surface area contributed by atoms with Crippen molar-refractivity contribution in [1.29, 1.82) is 0 Å². The predicted molar refractivity (Wildman–Crippen MR) is 71.9 cm³/mol. The van der Waals surface area contributed by atoms with Crippen molar-refractivity contribution in [3.8, 4) is 0 Å². The van der Waals surface area contributed by atoms with Crippen molar-refractivity contribution in [3.05, 3.63) is 16.3 Å². The third kappa shape index (κ3) is 2.53. The summed E-state index contributed by atoms with van der Waals surface area (Å²) in [5, 5.41) is 4.64. The van der Waals surface area contributed by atoms with Crippen LogP contribution in [0.1, 0.15) is 16.6 Å². The van der Waals surface area contributed by atoms with E-state index in [1.165, 1.54) is 17.5 Å². The van der Waals surface area contributed by atoms with Crippen molar-refractivity contribution < 1.29 is 17.9 Å². The Bertz CT molecular complexity index is 563. The van der Waals surface area contributed by atoms with Gasteiger partial charge >= 0.3 is 5.97 Å². The molecule has 0 unspecified atom stereocenters. The van der Waals surface area contributed by atoms with Gasteiger partial charge in [0.15, 0.2) is 0 Å². The largest absolute Gasteiger partial charge is 0.465 e. The summed E-state index contributed by atoms with van der Waals surface area (Å²) in [6.07, 6.45) is 0. The van der Waals surface area contributed by atoms with Gasteiger partial charge in [0, 0.05) is 19.6 Å². The average Bonchev–Trinajstić information content (AvgIpc) is 2.81. The molecule has 19 heavy (non-hydrogen) atoms. The molecule has 0 radical (unpaired) electrons. The molecule has 1 aliphatic rings. The van der Waals surface area contributed by atoms with E-state index in [0.29, 0.717) is 19.6 Å². The maximum absolute atomic E-state index is 12.6. The normalized spacial score (nSPS) is 16.4. The Morgan fingerprint density at radius 2 is 2.26 bits per heavy atom. The van der Waals surface area contributed by atoms with E-state index >= 15 is 0 Å². The zero-order valence-corrected chi connectivity index (χ0v) is 12.4. The summed E-state index contributed by atoms with van der Waals surface area (Å²) in [5.74, 6) is -0.614. The second-order valence-electron chi connectivity index (χ2n) is 4.13. The Balaban J connectivity index is 2.38. The van der Waals surface area contributed by atoms with Crippen molar-refractivity contribution in [2.24, 2.45) is 0 Å². The van der Waals surface area contributed by atoms with Gasteiger partial charge in [0.25, 0.3) is 0 Å². The monoisotopic (exact) mass is 304 g/mol. The second kappa shape index (κ2) is 5.58. The molecule has 1 aromatic heterocycles. The molecule has 0 atom stereocenters. The van der Waals surface area contributed by atoms with Crippen LogP contribution in [0.5, 0.6) is 0 Å². The Morgan fingerprint density at radius 1 is 1.58 bits per heavy atom. The first kappa shape index (κ1) is 14.4. The van der Waals surface area contributed by atoms with Crippen molar-refractivity contribution >= 4 is 27.3 Å². The molecule has 2 rings (SSSR count). The summed E-state index contributed by atoms with van der Waals surface area (Å²) in [6, 6.07) is 1.42. The zero-order valence-electron chi connectivity index (χ0n) is 10.8. The fourth-order valence-corrected chi connectivity index (χ4v) is 4.91. The van der Waals surface area contributed by atoms with E-state index in [1.807, 2.05) is 0 Å². The second-order valence-corrected chi connectivity index (χ2v) is 6.90. The van der Waals surface area contributed by atoms with E-state index in [2.05, 4.69) is 10.1 Å². The van der Waals surface area contributed by atoms with Gasteiger partial charge in [-0.3, -0.25) is 0 Å². The number of methoxy groups -OCH3 is 1. The van der Waals surface area contributed by atoms with Crippen LogP contribution in [0, 0.1) is 0 Å². The first-order valence-electron chi connectivity index (χ1n) is 5.90. The number of carbonyl (C=O) groups is 1. The molecular weight excluding hydrogens is 288 g/mol. The van der Waals surface area contributed by atoms with Crippen molar-refractivity contribution in [1.82, 2.24) is 9.62 Å². The molecule has 0 spiro atoms. The number of sulfonamides is 1. The number of thiophene rings is 1. The molecule has 0 aliphatic carbocycles. The molecule has 0 saturated carbocycles. The van der Waals surface area contributed by atoms with Crippen LogP contribution < -0.4 is 5.32 Å². The zero-order chi connectivity index (χ0) is 14.0. The highest BCUT2D eigenvalue weighted by molar-refractivity contribution is 7.89. The van der Waals surface area contributed by atoms with Gasteiger partial charge in [-0.1, -0.05) is 6.92 Å². The van der Waals surface area contributed by atoms with Crippen molar-refractivity contribution in [3.63, 3.8) is 0 Å². The van der Waals surface area contributed by atoms with E-state index in [1.54, 1.807) is 12.3 Å². The summed E-state index contributed by atoms with van der Waals surface area (Å²) >= 11 is 1.08. The van der Waals surface area contributed by atoms with E-state index in [4.69, 9.17) is 0 Å². The number of nitrogens with one attached hydrogen (secondary N) is 1. The minimum Gasteiger partial charge on any atom is -0.465 e. The Morgan fingerprint density at radius 3 is 2.74 bits per heavy atom. The molecule has 1 fully saturated rings. The summed E-state index contributed by atoms with van der Waals surface area (Å²) < 4.78 is 31.2. The van der Waals surface area contributed by atoms with Crippen LogP contribution in [-0.4, -0.2) is 51.5 Å². The average molecular weight is 304 g/mol. The number of rotatable bonds is 5. The van der Waals surface area contributed by atoms with Gasteiger partial charge in [0.2, 0.25) is 10.0 Å². The highest BCUT2D eigenvalue weighted by Crippen LogP contribution is 2.27. The number of likely N-dealkylation sites (N-methyl/N-ethyl adjacent to an activating group) is 1. The maximum atomic E-state index is 12.6. The molecule has 6 nitrogen and oxygen atoms in total. The minimum atomic E-state index is -3.65. The number of nitrogens with zero attached hydrogens (tertiary/aromatic N) is 1. The predicted octanol–water partition coefficient (Wildman–Crippen LogP) is 0.517. The van der Waals surface area contributed by atoms with Crippen LogP contribution in [0.15, 0.2) is 16.3 Å². The molecule has 0 bridgehead atoms. The highest BCUT2D eigenvalue weighted by Gasteiger charge is 2.36. The Labute approximate surface area is 116 Å². The van der Waals surface area contributed by atoms with E-state index in [0.717, 1.165) is 11.3 Å². The summed E-state index contributed by atoms with van der Waals surface area (Å²) in [7, 11) is -2.41. The lowest BCUT2D eigenvalue weighted by Gasteiger charge is -2.36. The lowest BCUT2D eigenvalue weighted by Crippen LogP contribution is -2.58. The lowest BCUT2D eigenvalue weighted by molar-refractivity contribution is 0.0602. The number of ether oxygens (including phenoxy) is 1. The molecule has 2 heterocycles. The van der Waals surface area contributed by atoms with Crippen LogP contribution >= 0.6 is 11.3 Å². The van der Waals surface area contributed by atoms with Gasteiger partial charge in [-0.05, 0) is 11.4 Å². The Hall–Kier alpha value is -0.960. The molecule has 0 amide bonds. The van der Waals surface area contributed by atoms with Crippen molar-refractivity contribution in [2.75, 3.05) is 26.7 Å². The van der Waals surface area contributed by atoms with Gasteiger partial charge in [-0.2, -0.15) is 4.31 Å². The molecule has 1 saturated heterocycles. The molecule has 106 valence electrons. The smallest absolute Gasteiger partial charge is 0.349 e.